The Morgan fingerprint density at radius 3 is 2.35 bits per heavy atom. The molecule has 0 aliphatic carbocycles. The van der Waals surface area contributed by atoms with Crippen molar-refractivity contribution in [1.29, 1.82) is 0 Å². The Morgan fingerprint density at radius 1 is 1.15 bits per heavy atom. The molecular formula is C17H23ClO2. The molecule has 0 aromatic heterocycles. The first-order valence-corrected chi connectivity index (χ1v) is 7.24. The average molecular weight is 295 g/mol. The van der Waals surface area contributed by atoms with Crippen LogP contribution in [0.15, 0.2) is 48.0 Å². The lowest BCUT2D eigenvalue weighted by Crippen LogP contribution is -2.34. The Labute approximate surface area is 126 Å². The van der Waals surface area contributed by atoms with Gasteiger partial charge in [-0.15, -0.1) is 0 Å². The third-order valence-corrected chi connectivity index (χ3v) is 3.65. The number of hydrogen-bond acceptors (Lipinski definition) is 2. The van der Waals surface area contributed by atoms with Crippen LogP contribution in [-0.2, 0) is 4.74 Å². The van der Waals surface area contributed by atoms with E-state index in [-0.39, 0.29) is 17.9 Å². The van der Waals surface area contributed by atoms with Crippen molar-refractivity contribution in [2.45, 2.75) is 26.1 Å². The van der Waals surface area contributed by atoms with E-state index in [9.17, 15) is 5.11 Å². The van der Waals surface area contributed by atoms with Gasteiger partial charge in [0.15, 0.2) is 0 Å². The van der Waals surface area contributed by atoms with Gasteiger partial charge in [-0.3, -0.25) is 0 Å². The number of aliphatic hydroxyl groups is 1. The van der Waals surface area contributed by atoms with Crippen LogP contribution in [0, 0.1) is 11.8 Å². The van der Waals surface area contributed by atoms with Crippen LogP contribution in [0.2, 0.25) is 0 Å². The number of benzene rings is 1. The second-order valence-electron chi connectivity index (χ2n) is 5.00. The zero-order valence-corrected chi connectivity index (χ0v) is 13.0. The van der Waals surface area contributed by atoms with E-state index in [2.05, 4.69) is 0 Å². The van der Waals surface area contributed by atoms with Crippen LogP contribution < -0.4 is 0 Å². The summed E-state index contributed by atoms with van der Waals surface area (Å²) in [5.41, 5.74) is 2.57. The van der Waals surface area contributed by atoms with Crippen LogP contribution >= 0.6 is 11.6 Å². The summed E-state index contributed by atoms with van der Waals surface area (Å²) in [7, 11) is 1.66. The van der Waals surface area contributed by atoms with Gasteiger partial charge in [0.1, 0.15) is 0 Å². The fourth-order valence-electron chi connectivity index (χ4n) is 2.28. The van der Waals surface area contributed by atoms with Crippen molar-refractivity contribution in [3.63, 3.8) is 0 Å². The van der Waals surface area contributed by atoms with Crippen molar-refractivity contribution >= 4 is 17.7 Å². The van der Waals surface area contributed by atoms with Crippen LogP contribution in [0.25, 0.3) is 6.08 Å². The quantitative estimate of drug-likeness (QED) is 0.820. The number of methoxy groups -OCH3 is 1. The lowest BCUT2D eigenvalue weighted by atomic mass is 9.89. The summed E-state index contributed by atoms with van der Waals surface area (Å²) in [6, 6.07) is 9.92. The summed E-state index contributed by atoms with van der Waals surface area (Å²) in [5, 5.41) is 10.3. The maximum Gasteiger partial charge on any atom is 0.0774 e. The SMILES string of the molecule is CO[C@H]([C@H](C)[C@@H](O)/C=C/c1ccccc1)[C@@H](C)/C=C/Cl. The highest BCUT2D eigenvalue weighted by Crippen LogP contribution is 2.22. The molecule has 4 atom stereocenters. The van der Waals surface area contributed by atoms with Crippen molar-refractivity contribution in [3.05, 3.63) is 53.6 Å². The molecule has 0 fully saturated rings. The predicted octanol–water partition coefficient (Wildman–Crippen LogP) is 4.10. The maximum atomic E-state index is 10.3. The lowest BCUT2D eigenvalue weighted by molar-refractivity contribution is -0.00882. The third-order valence-electron chi connectivity index (χ3n) is 3.51. The molecule has 1 N–H and O–H groups in total. The predicted molar refractivity (Wildman–Crippen MR) is 85.6 cm³/mol. The van der Waals surface area contributed by atoms with Gasteiger partial charge in [-0.2, -0.15) is 0 Å². The lowest BCUT2D eigenvalue weighted by Gasteiger charge is -2.28. The monoisotopic (exact) mass is 294 g/mol. The first-order chi connectivity index (χ1) is 9.60. The van der Waals surface area contributed by atoms with Gasteiger partial charge >= 0.3 is 0 Å². The molecule has 0 radical (unpaired) electrons. The van der Waals surface area contributed by atoms with E-state index in [1.165, 1.54) is 5.54 Å². The minimum absolute atomic E-state index is 0.0252. The molecule has 1 aromatic rings. The minimum atomic E-state index is -0.564. The highest BCUT2D eigenvalue weighted by molar-refractivity contribution is 6.25. The molecule has 0 heterocycles. The van der Waals surface area contributed by atoms with E-state index in [0.29, 0.717) is 0 Å². The second kappa shape index (κ2) is 8.96. The zero-order chi connectivity index (χ0) is 15.0. The molecule has 0 bridgehead atoms. The van der Waals surface area contributed by atoms with Gasteiger partial charge < -0.3 is 9.84 Å². The summed E-state index contributed by atoms with van der Waals surface area (Å²) in [6.45, 7) is 4.00. The fourth-order valence-corrected chi connectivity index (χ4v) is 2.51. The number of aliphatic hydroxyl groups excluding tert-OH is 1. The van der Waals surface area contributed by atoms with Gasteiger partial charge in [0.25, 0.3) is 0 Å². The van der Waals surface area contributed by atoms with Crippen LogP contribution in [0.3, 0.4) is 0 Å². The van der Waals surface area contributed by atoms with Gasteiger partial charge in [-0.1, -0.05) is 74.0 Å². The van der Waals surface area contributed by atoms with Gasteiger partial charge in [0.05, 0.1) is 12.2 Å². The molecule has 110 valence electrons. The van der Waals surface area contributed by atoms with E-state index in [0.717, 1.165) is 5.56 Å². The summed E-state index contributed by atoms with van der Waals surface area (Å²) >= 11 is 5.61. The smallest absolute Gasteiger partial charge is 0.0774 e. The average Bonchev–Trinajstić information content (AvgIpc) is 2.46. The number of rotatable bonds is 7. The zero-order valence-electron chi connectivity index (χ0n) is 12.2. The summed E-state index contributed by atoms with van der Waals surface area (Å²) in [4.78, 5) is 0. The van der Waals surface area contributed by atoms with E-state index >= 15 is 0 Å². The molecule has 0 amide bonds. The molecule has 0 aliphatic heterocycles. The van der Waals surface area contributed by atoms with Crippen LogP contribution in [-0.4, -0.2) is 24.4 Å². The maximum absolute atomic E-state index is 10.3. The van der Waals surface area contributed by atoms with Crippen LogP contribution in [0.5, 0.6) is 0 Å². The molecule has 20 heavy (non-hydrogen) atoms. The minimum Gasteiger partial charge on any atom is -0.389 e. The van der Waals surface area contributed by atoms with Crippen LogP contribution in [0.4, 0.5) is 0 Å². The largest absolute Gasteiger partial charge is 0.389 e. The molecule has 3 heteroatoms. The summed E-state index contributed by atoms with van der Waals surface area (Å²) < 4.78 is 5.50. The molecular weight excluding hydrogens is 272 g/mol. The molecule has 1 aromatic carbocycles. The molecule has 0 unspecified atom stereocenters. The van der Waals surface area contributed by atoms with Crippen molar-refractivity contribution in [2.75, 3.05) is 7.11 Å². The standard InChI is InChI=1S/C17H23ClO2/c1-13(11-12-18)17(20-3)14(2)16(19)10-9-15-7-5-4-6-8-15/h4-14,16-17,19H,1-3H3/b10-9+,12-11+/t13-,14+,16-,17-/m0/s1. The van der Waals surface area contributed by atoms with Crippen molar-refractivity contribution < 1.29 is 9.84 Å². The van der Waals surface area contributed by atoms with E-state index in [4.69, 9.17) is 16.3 Å². The number of halogens is 1. The summed E-state index contributed by atoms with van der Waals surface area (Å²) in [5.74, 6) is 0.120. The molecule has 0 spiro atoms. The second-order valence-corrected chi connectivity index (χ2v) is 5.25. The first kappa shape index (κ1) is 17.0. The molecule has 1 rings (SSSR count). The van der Waals surface area contributed by atoms with Gasteiger partial charge in [0.2, 0.25) is 0 Å². The molecule has 0 saturated heterocycles. The van der Waals surface area contributed by atoms with Crippen molar-refractivity contribution in [3.8, 4) is 0 Å². The molecule has 0 saturated carbocycles. The highest BCUT2D eigenvalue weighted by Gasteiger charge is 2.26. The van der Waals surface area contributed by atoms with E-state index in [1.54, 1.807) is 7.11 Å². The number of hydrogen-bond donors (Lipinski definition) is 1. The van der Waals surface area contributed by atoms with Gasteiger partial charge in [-0.25, -0.2) is 0 Å². The Bertz CT molecular complexity index is 428. The highest BCUT2D eigenvalue weighted by atomic mass is 35.5. The Balaban J connectivity index is 2.69. The van der Waals surface area contributed by atoms with Crippen LogP contribution in [0.1, 0.15) is 19.4 Å². The third kappa shape index (κ3) is 5.12. The van der Waals surface area contributed by atoms with Crippen molar-refractivity contribution in [1.82, 2.24) is 0 Å². The van der Waals surface area contributed by atoms with Gasteiger partial charge in [-0.05, 0) is 5.56 Å². The summed E-state index contributed by atoms with van der Waals surface area (Å²) in [6.07, 6.45) is 4.96. The van der Waals surface area contributed by atoms with Gasteiger partial charge in [0, 0.05) is 24.5 Å². The Hall–Kier alpha value is -1.09. The molecule has 2 nitrogen and oxygen atoms in total. The topological polar surface area (TPSA) is 29.5 Å². The van der Waals surface area contributed by atoms with E-state index < -0.39 is 6.10 Å². The Kier molecular flexibility index (Phi) is 7.60. The number of ether oxygens (including phenoxy) is 1. The van der Waals surface area contributed by atoms with Crippen molar-refractivity contribution in [2.24, 2.45) is 11.8 Å². The fraction of sp³-hybridized carbons (Fsp3) is 0.412. The molecule has 0 aliphatic rings. The normalized spacial score (nSPS) is 18.2. The van der Waals surface area contributed by atoms with E-state index in [1.807, 2.05) is 62.4 Å². The Morgan fingerprint density at radius 2 is 1.80 bits per heavy atom. The first-order valence-electron chi connectivity index (χ1n) is 6.81.